The van der Waals surface area contributed by atoms with Crippen molar-refractivity contribution in [2.24, 2.45) is 0 Å². The minimum Gasteiger partial charge on any atom is -0.493 e. The second kappa shape index (κ2) is 14.1. The van der Waals surface area contributed by atoms with E-state index >= 15 is 0 Å². The molecule has 2 aliphatic heterocycles. The molecule has 9 nitrogen and oxygen atoms in total. The number of fused-ring (bicyclic) bond motifs is 1. The van der Waals surface area contributed by atoms with Gasteiger partial charge in [0, 0.05) is 36.8 Å². The molecule has 0 radical (unpaired) electrons. The Morgan fingerprint density at radius 1 is 0.978 bits per heavy atom. The molecular formula is C30H35F6N3O6. The molecule has 1 aliphatic carbocycles. The first-order valence-electron chi connectivity index (χ1n) is 14.4. The summed E-state index contributed by atoms with van der Waals surface area (Å²) in [4.78, 5) is 24.2. The molecule has 3 aliphatic rings. The first kappa shape index (κ1) is 34.2. The number of nitrogens with one attached hydrogen (secondary N) is 2. The summed E-state index contributed by atoms with van der Waals surface area (Å²) < 4.78 is 89.4. The monoisotopic (exact) mass is 647 g/mol. The van der Waals surface area contributed by atoms with Gasteiger partial charge >= 0.3 is 18.2 Å². The Kier molecular flexibility index (Phi) is 10.7. The predicted octanol–water partition coefficient (Wildman–Crippen LogP) is 5.62. The number of amides is 2. The molecule has 5 rings (SSSR count). The first-order valence-corrected chi connectivity index (χ1v) is 14.4. The Morgan fingerprint density at radius 3 is 2.27 bits per heavy atom. The number of carbonyl (C=O) groups excluding carboxylic acids is 1. The second-order valence-corrected chi connectivity index (χ2v) is 11.2. The summed E-state index contributed by atoms with van der Waals surface area (Å²) in [6.07, 6.45) is 0.110. The highest BCUT2D eigenvalue weighted by molar-refractivity contribution is 5.89. The maximum Gasteiger partial charge on any atom is 0.490 e. The van der Waals surface area contributed by atoms with Crippen molar-refractivity contribution >= 4 is 17.7 Å². The highest BCUT2D eigenvalue weighted by Crippen LogP contribution is 2.51. The van der Waals surface area contributed by atoms with Gasteiger partial charge in [0.25, 0.3) is 0 Å². The topological polar surface area (TPSA) is 109 Å². The van der Waals surface area contributed by atoms with Gasteiger partial charge in [-0.05, 0) is 74.9 Å². The highest BCUT2D eigenvalue weighted by Gasteiger charge is 2.53. The van der Waals surface area contributed by atoms with Gasteiger partial charge in [0.15, 0.2) is 29.0 Å². The third kappa shape index (κ3) is 7.57. The van der Waals surface area contributed by atoms with E-state index in [1.807, 2.05) is 6.07 Å². The molecule has 3 atom stereocenters. The molecule has 248 valence electrons. The van der Waals surface area contributed by atoms with Crippen molar-refractivity contribution in [3.8, 4) is 11.5 Å². The lowest BCUT2D eigenvalue weighted by Crippen LogP contribution is -2.55. The number of rotatable bonds is 6. The minimum absolute atomic E-state index is 0.112. The molecule has 2 heterocycles. The number of hydrogen-bond acceptors (Lipinski definition) is 6. The number of benzene rings is 2. The van der Waals surface area contributed by atoms with Crippen molar-refractivity contribution in [2.75, 3.05) is 39.3 Å². The van der Waals surface area contributed by atoms with Crippen LogP contribution in [0.4, 0.5) is 36.8 Å². The summed E-state index contributed by atoms with van der Waals surface area (Å²) >= 11 is 0. The molecule has 1 saturated carbocycles. The zero-order valence-electron chi connectivity index (χ0n) is 24.7. The van der Waals surface area contributed by atoms with Crippen LogP contribution >= 0.6 is 0 Å². The SMILES string of the molecule is COc1ccc(C23CCC(NC(=O)Nc4ccc(F)c(F)c4F)CC2N(C2CCOCC2)CC3)cc1OC.O=C(O)C(F)(F)F. The van der Waals surface area contributed by atoms with Crippen LogP contribution in [0, 0.1) is 17.5 Å². The molecule has 0 bridgehead atoms. The fraction of sp³-hybridized carbons (Fsp3) is 0.533. The van der Waals surface area contributed by atoms with Crippen molar-refractivity contribution in [1.82, 2.24) is 10.2 Å². The average molecular weight is 648 g/mol. The summed E-state index contributed by atoms with van der Waals surface area (Å²) in [5, 5.41) is 12.4. The van der Waals surface area contributed by atoms with Crippen LogP contribution in [0.5, 0.6) is 11.5 Å². The summed E-state index contributed by atoms with van der Waals surface area (Å²) in [6.45, 7) is 2.42. The number of methoxy groups -OCH3 is 2. The van der Waals surface area contributed by atoms with Gasteiger partial charge in [-0.3, -0.25) is 4.90 Å². The van der Waals surface area contributed by atoms with Crippen LogP contribution in [-0.4, -0.2) is 80.3 Å². The van der Waals surface area contributed by atoms with Crippen molar-refractivity contribution in [3.63, 3.8) is 0 Å². The van der Waals surface area contributed by atoms with Gasteiger partial charge in [0.2, 0.25) is 0 Å². The second-order valence-electron chi connectivity index (χ2n) is 11.2. The average Bonchev–Trinajstić information content (AvgIpc) is 3.41. The summed E-state index contributed by atoms with van der Waals surface area (Å²) in [5.74, 6) is -5.72. The number of aliphatic carboxylic acids is 1. The molecule has 0 spiro atoms. The number of halogens is 6. The van der Waals surface area contributed by atoms with E-state index in [1.165, 1.54) is 5.56 Å². The normalized spacial score (nSPS) is 23.7. The fourth-order valence-corrected chi connectivity index (χ4v) is 6.62. The first-order chi connectivity index (χ1) is 21.3. The zero-order chi connectivity index (χ0) is 32.9. The van der Waals surface area contributed by atoms with Gasteiger partial charge in [-0.1, -0.05) is 6.07 Å². The molecule has 3 fully saturated rings. The molecule has 2 aromatic carbocycles. The van der Waals surface area contributed by atoms with E-state index < -0.39 is 41.3 Å². The smallest absolute Gasteiger partial charge is 0.490 e. The van der Waals surface area contributed by atoms with Crippen molar-refractivity contribution in [2.45, 2.75) is 68.2 Å². The Balaban J connectivity index is 0.000000591. The maximum absolute atomic E-state index is 14.1. The maximum atomic E-state index is 14.1. The molecule has 3 unspecified atom stereocenters. The Morgan fingerprint density at radius 2 is 1.64 bits per heavy atom. The summed E-state index contributed by atoms with van der Waals surface area (Å²) in [5.41, 5.74) is 0.682. The Hall–Kier alpha value is -3.72. The number of likely N-dealkylation sites (tertiary alicyclic amines) is 1. The van der Waals surface area contributed by atoms with E-state index in [-0.39, 0.29) is 17.5 Å². The quantitative estimate of drug-likeness (QED) is 0.276. The van der Waals surface area contributed by atoms with Crippen LogP contribution in [0.15, 0.2) is 30.3 Å². The number of alkyl halides is 3. The van der Waals surface area contributed by atoms with Crippen LogP contribution in [0.3, 0.4) is 0 Å². The number of carbonyl (C=O) groups is 2. The standard InChI is InChI=1S/C28H34F3N3O4.C2HF3O2/c1-36-22-6-3-17(15-23(22)37-2)28-10-7-18(16-24(28)34(12-11-28)19-8-13-38-14-9-19)32-27(35)33-21-5-4-20(29)25(30)26(21)31;3-2(4,5)1(6)7/h3-6,15,18-19,24H,7-14,16H2,1-2H3,(H2,32,33,35);(H,6,7). The number of nitrogens with zero attached hydrogens (tertiary/aromatic N) is 1. The Labute approximate surface area is 255 Å². The number of ether oxygens (including phenoxy) is 3. The number of hydrogen-bond donors (Lipinski definition) is 3. The molecule has 2 amide bonds. The van der Waals surface area contributed by atoms with E-state index in [4.69, 9.17) is 24.1 Å². The number of urea groups is 1. The van der Waals surface area contributed by atoms with Gasteiger partial charge in [0.1, 0.15) is 0 Å². The fourth-order valence-electron chi connectivity index (χ4n) is 6.62. The third-order valence-electron chi connectivity index (χ3n) is 8.78. The van der Waals surface area contributed by atoms with Gasteiger partial charge in [-0.15, -0.1) is 0 Å². The minimum atomic E-state index is -5.08. The van der Waals surface area contributed by atoms with Gasteiger partial charge in [-0.2, -0.15) is 13.2 Å². The zero-order valence-corrected chi connectivity index (χ0v) is 24.7. The predicted molar refractivity (Wildman–Crippen MR) is 150 cm³/mol. The molecule has 2 saturated heterocycles. The largest absolute Gasteiger partial charge is 0.493 e. The van der Waals surface area contributed by atoms with Crippen LogP contribution < -0.4 is 20.1 Å². The van der Waals surface area contributed by atoms with E-state index in [0.717, 1.165) is 64.0 Å². The van der Waals surface area contributed by atoms with E-state index in [2.05, 4.69) is 27.7 Å². The summed E-state index contributed by atoms with van der Waals surface area (Å²) in [7, 11) is 3.25. The lowest BCUT2D eigenvalue weighted by Gasteiger charge is -2.47. The summed E-state index contributed by atoms with van der Waals surface area (Å²) in [6, 6.07) is 7.71. The van der Waals surface area contributed by atoms with Crippen LogP contribution in [0.1, 0.15) is 44.1 Å². The van der Waals surface area contributed by atoms with Crippen molar-refractivity contribution < 1.29 is 55.2 Å². The lowest BCUT2D eigenvalue weighted by atomic mass is 9.65. The molecular weight excluding hydrogens is 612 g/mol. The molecule has 0 aromatic heterocycles. The van der Waals surface area contributed by atoms with Crippen molar-refractivity contribution in [3.05, 3.63) is 53.3 Å². The van der Waals surface area contributed by atoms with E-state index in [9.17, 15) is 31.1 Å². The number of carboxylic acids is 1. The van der Waals surface area contributed by atoms with Crippen molar-refractivity contribution in [1.29, 1.82) is 0 Å². The number of carboxylic acid groups (broad SMARTS) is 1. The van der Waals surface area contributed by atoms with Gasteiger partial charge < -0.3 is 30.0 Å². The van der Waals surface area contributed by atoms with Crippen LogP contribution in [-0.2, 0) is 14.9 Å². The Bertz CT molecular complexity index is 1370. The highest BCUT2D eigenvalue weighted by atomic mass is 19.4. The number of anilines is 1. The van der Waals surface area contributed by atoms with E-state index in [1.54, 1.807) is 14.2 Å². The third-order valence-corrected chi connectivity index (χ3v) is 8.78. The van der Waals surface area contributed by atoms with Gasteiger partial charge in [-0.25, -0.2) is 22.8 Å². The van der Waals surface area contributed by atoms with Crippen LogP contribution in [0.25, 0.3) is 0 Å². The molecule has 15 heteroatoms. The molecule has 45 heavy (non-hydrogen) atoms. The molecule has 2 aromatic rings. The van der Waals surface area contributed by atoms with Crippen LogP contribution in [0.2, 0.25) is 0 Å². The molecule has 3 N–H and O–H groups in total. The lowest BCUT2D eigenvalue weighted by molar-refractivity contribution is -0.192. The van der Waals surface area contributed by atoms with E-state index in [0.29, 0.717) is 24.0 Å². The van der Waals surface area contributed by atoms with Gasteiger partial charge in [0.05, 0.1) is 19.9 Å².